The lowest BCUT2D eigenvalue weighted by atomic mass is 10.1. The average Bonchev–Trinajstić information content (AvgIpc) is 2.11. The third-order valence-corrected chi connectivity index (χ3v) is 1.84. The molecule has 0 amide bonds. The van der Waals surface area contributed by atoms with E-state index in [4.69, 9.17) is 11.2 Å². The van der Waals surface area contributed by atoms with Gasteiger partial charge in [0.15, 0.2) is 0 Å². The molecule has 0 aromatic heterocycles. The summed E-state index contributed by atoms with van der Waals surface area (Å²) in [6, 6.07) is 0. The maximum atomic E-state index is 9.29. The fraction of sp³-hybridized carbons (Fsp3) is 0.667. The highest BCUT2D eigenvalue weighted by Gasteiger charge is 2.18. The minimum atomic E-state index is -0.970. The first-order chi connectivity index (χ1) is 6.33. The monoisotopic (exact) mass is 194 g/mol. The van der Waals surface area contributed by atoms with Gasteiger partial charge in [0.2, 0.25) is 0 Å². The Morgan fingerprint density at radius 1 is 1.36 bits per heavy atom. The largest absolute Gasteiger partial charge is 0.378 e. The number of hydrogen-bond donors (Lipinski definition) is 1. The van der Waals surface area contributed by atoms with Gasteiger partial charge < -0.3 is 9.84 Å². The Kier molecular flexibility index (Phi) is 4.71. The lowest BCUT2D eigenvalue weighted by Crippen LogP contribution is -2.25. The predicted octanol–water partition coefficient (Wildman–Crippen LogP) is 1.58. The molecule has 0 aliphatic heterocycles. The lowest BCUT2D eigenvalue weighted by molar-refractivity contribution is 0.0318. The van der Waals surface area contributed by atoms with Crippen LogP contribution in [0.4, 0.5) is 0 Å². The summed E-state index contributed by atoms with van der Waals surface area (Å²) < 4.78 is 5.40. The van der Waals surface area contributed by atoms with Crippen LogP contribution in [0.25, 0.3) is 0 Å². The van der Waals surface area contributed by atoms with Crippen molar-refractivity contribution in [2.24, 2.45) is 0 Å². The Hall–Kier alpha value is -0.960. The van der Waals surface area contributed by atoms with Gasteiger partial charge in [0.1, 0.15) is 17.8 Å². The molecule has 0 heterocycles. The zero-order valence-electron chi connectivity index (χ0n) is 9.35. The normalized spacial score (nSPS) is 14.9. The summed E-state index contributed by atoms with van der Waals surface area (Å²) in [7, 11) is 0. The second-order valence-corrected chi connectivity index (χ2v) is 3.88. The van der Waals surface area contributed by atoms with Gasteiger partial charge in [0, 0.05) is 0 Å². The van der Waals surface area contributed by atoms with Crippen LogP contribution in [-0.4, -0.2) is 22.9 Å². The molecular formula is C12H18O2. The molecule has 0 saturated carbocycles. The van der Waals surface area contributed by atoms with E-state index in [2.05, 4.69) is 17.8 Å². The molecule has 2 heteroatoms. The summed E-state index contributed by atoms with van der Waals surface area (Å²) in [4.78, 5) is 0. The number of ether oxygens (including phenoxy) is 1. The van der Waals surface area contributed by atoms with Gasteiger partial charge in [-0.25, -0.2) is 0 Å². The van der Waals surface area contributed by atoms with Gasteiger partial charge in [-0.15, -0.1) is 6.42 Å². The van der Waals surface area contributed by atoms with Crippen LogP contribution in [0.2, 0.25) is 0 Å². The quantitative estimate of drug-likeness (QED) is 0.691. The first-order valence-electron chi connectivity index (χ1n) is 4.67. The molecule has 0 aromatic carbocycles. The van der Waals surface area contributed by atoms with Crippen LogP contribution in [0, 0.1) is 24.2 Å². The van der Waals surface area contributed by atoms with E-state index >= 15 is 0 Å². The van der Waals surface area contributed by atoms with Crippen molar-refractivity contribution in [2.75, 3.05) is 6.61 Å². The zero-order valence-corrected chi connectivity index (χ0v) is 9.35. The molecule has 14 heavy (non-hydrogen) atoms. The number of terminal acetylenes is 1. The first kappa shape index (κ1) is 13.0. The third kappa shape index (κ3) is 5.65. The van der Waals surface area contributed by atoms with E-state index < -0.39 is 11.2 Å². The smallest absolute Gasteiger partial charge is 0.126 e. The van der Waals surface area contributed by atoms with Gasteiger partial charge in [0.05, 0.1) is 0 Å². The molecule has 78 valence electrons. The first-order valence-corrected chi connectivity index (χ1v) is 4.67. The van der Waals surface area contributed by atoms with Gasteiger partial charge in [0.25, 0.3) is 0 Å². The van der Waals surface area contributed by atoms with Crippen molar-refractivity contribution >= 4 is 0 Å². The van der Waals surface area contributed by atoms with Crippen LogP contribution in [0.1, 0.15) is 34.1 Å². The second-order valence-electron chi connectivity index (χ2n) is 3.88. The molecule has 2 nitrogen and oxygen atoms in total. The molecule has 1 N–H and O–H groups in total. The fourth-order valence-corrected chi connectivity index (χ4v) is 0.694. The van der Waals surface area contributed by atoms with Crippen LogP contribution >= 0.6 is 0 Å². The summed E-state index contributed by atoms with van der Waals surface area (Å²) >= 11 is 0. The third-order valence-electron chi connectivity index (χ3n) is 1.84. The molecule has 0 aliphatic rings. The molecule has 0 bridgehead atoms. The molecule has 0 saturated heterocycles. The molecule has 0 radical (unpaired) electrons. The predicted molar refractivity (Wildman–Crippen MR) is 57.6 cm³/mol. The zero-order chi connectivity index (χ0) is 11.2. The van der Waals surface area contributed by atoms with Gasteiger partial charge in [-0.3, -0.25) is 0 Å². The molecule has 0 aromatic rings. The Bertz CT molecular complexity index is 269. The molecular weight excluding hydrogens is 176 g/mol. The van der Waals surface area contributed by atoms with Gasteiger partial charge >= 0.3 is 0 Å². The molecule has 0 rings (SSSR count). The number of hydrogen-bond acceptors (Lipinski definition) is 2. The van der Waals surface area contributed by atoms with Crippen LogP contribution in [0.3, 0.4) is 0 Å². The molecule has 0 fully saturated rings. The molecule has 0 spiro atoms. The van der Waals surface area contributed by atoms with Crippen LogP contribution in [-0.2, 0) is 4.74 Å². The topological polar surface area (TPSA) is 29.5 Å². The lowest BCUT2D eigenvalue weighted by Gasteiger charge is -2.20. The highest BCUT2D eigenvalue weighted by molar-refractivity contribution is 5.11. The fourth-order valence-electron chi connectivity index (χ4n) is 0.694. The van der Waals surface area contributed by atoms with Crippen molar-refractivity contribution in [1.29, 1.82) is 0 Å². The summed E-state index contributed by atoms with van der Waals surface area (Å²) in [5, 5.41) is 9.29. The van der Waals surface area contributed by atoms with E-state index in [0.29, 0.717) is 0 Å². The van der Waals surface area contributed by atoms with Gasteiger partial charge in [-0.1, -0.05) is 24.7 Å². The summed E-state index contributed by atoms with van der Waals surface area (Å²) in [6.07, 6.45) is 6.06. The maximum Gasteiger partial charge on any atom is 0.126 e. The average molecular weight is 194 g/mol. The molecule has 0 aliphatic carbocycles. The van der Waals surface area contributed by atoms with Crippen LogP contribution in [0.5, 0.6) is 0 Å². The van der Waals surface area contributed by atoms with Crippen molar-refractivity contribution in [3.63, 3.8) is 0 Å². The highest BCUT2D eigenvalue weighted by atomic mass is 16.5. The van der Waals surface area contributed by atoms with Crippen molar-refractivity contribution in [3.8, 4) is 24.2 Å². The van der Waals surface area contributed by atoms with Crippen LogP contribution < -0.4 is 0 Å². The highest BCUT2D eigenvalue weighted by Crippen LogP contribution is 2.12. The summed E-state index contributed by atoms with van der Waals surface area (Å²) in [5.74, 6) is 7.96. The minimum absolute atomic E-state index is 0.249. The van der Waals surface area contributed by atoms with Crippen molar-refractivity contribution in [2.45, 2.75) is 45.3 Å². The SMILES string of the molecule is C#CC(C)(CC)OCC#CC(C)(C)O. The van der Waals surface area contributed by atoms with E-state index in [-0.39, 0.29) is 6.61 Å². The minimum Gasteiger partial charge on any atom is -0.378 e. The summed E-state index contributed by atoms with van der Waals surface area (Å²) in [5.41, 5.74) is -1.52. The van der Waals surface area contributed by atoms with Crippen molar-refractivity contribution < 1.29 is 9.84 Å². The Labute approximate surface area is 86.7 Å². The Balaban J connectivity index is 4.07. The number of aliphatic hydroxyl groups is 1. The van der Waals surface area contributed by atoms with Crippen molar-refractivity contribution in [1.82, 2.24) is 0 Å². The maximum absolute atomic E-state index is 9.29. The van der Waals surface area contributed by atoms with E-state index in [1.807, 2.05) is 13.8 Å². The van der Waals surface area contributed by atoms with E-state index in [0.717, 1.165) is 6.42 Å². The standard InChI is InChI=1S/C12H18O2/c1-6-12(5,7-2)14-10-8-9-11(3,4)13/h1,13H,7,10H2,2-5H3. The summed E-state index contributed by atoms with van der Waals surface area (Å²) in [6.45, 7) is 7.31. The second kappa shape index (κ2) is 5.05. The van der Waals surface area contributed by atoms with Gasteiger partial charge in [-0.2, -0.15) is 0 Å². The van der Waals surface area contributed by atoms with Crippen molar-refractivity contribution in [3.05, 3.63) is 0 Å². The van der Waals surface area contributed by atoms with E-state index in [9.17, 15) is 5.11 Å². The molecule has 1 unspecified atom stereocenters. The molecule has 1 atom stereocenters. The Morgan fingerprint density at radius 2 is 1.93 bits per heavy atom. The van der Waals surface area contributed by atoms with E-state index in [1.54, 1.807) is 13.8 Å². The van der Waals surface area contributed by atoms with E-state index in [1.165, 1.54) is 0 Å². The van der Waals surface area contributed by atoms with Gasteiger partial charge in [-0.05, 0) is 27.2 Å². The Morgan fingerprint density at radius 3 is 2.29 bits per heavy atom. The van der Waals surface area contributed by atoms with Crippen LogP contribution in [0.15, 0.2) is 0 Å². The number of rotatable bonds is 3.